The Balaban J connectivity index is 1.68. The molecule has 0 aliphatic heterocycles. The van der Waals surface area contributed by atoms with Crippen LogP contribution in [0.2, 0.25) is 0 Å². The van der Waals surface area contributed by atoms with Crippen LogP contribution >= 0.6 is 11.8 Å². The first-order valence-electron chi connectivity index (χ1n) is 9.85. The van der Waals surface area contributed by atoms with Gasteiger partial charge < -0.3 is 10.1 Å². The first kappa shape index (κ1) is 22.7. The van der Waals surface area contributed by atoms with Crippen molar-refractivity contribution in [2.75, 3.05) is 18.2 Å². The molecule has 172 valence electrons. The standard InChI is InChI=1S/C22H17N5O6S/c1-33-20-9-5-4-8-19(20)25-17-11-10-14(26(29)30)12-16(17)24-22(25)34-13-21(28)23-15-6-2-3-7-18(15)27(31)32/h2-12H,13H2,1H3,(H,23,28). The summed E-state index contributed by atoms with van der Waals surface area (Å²) in [6, 6.07) is 17.4. The Morgan fingerprint density at radius 3 is 2.53 bits per heavy atom. The van der Waals surface area contributed by atoms with Crippen molar-refractivity contribution in [1.29, 1.82) is 0 Å². The van der Waals surface area contributed by atoms with E-state index in [9.17, 15) is 25.0 Å². The Bertz CT molecular complexity index is 1420. The van der Waals surface area contributed by atoms with E-state index in [0.717, 1.165) is 11.8 Å². The fourth-order valence-corrected chi connectivity index (χ4v) is 4.18. The quantitative estimate of drug-likeness (QED) is 0.220. The van der Waals surface area contributed by atoms with E-state index < -0.39 is 15.8 Å². The summed E-state index contributed by atoms with van der Waals surface area (Å²) >= 11 is 1.09. The van der Waals surface area contributed by atoms with Crippen molar-refractivity contribution in [2.24, 2.45) is 0 Å². The first-order chi connectivity index (χ1) is 16.4. The number of imidazole rings is 1. The molecule has 0 fully saturated rings. The molecule has 0 saturated carbocycles. The monoisotopic (exact) mass is 479 g/mol. The van der Waals surface area contributed by atoms with Crippen LogP contribution in [0.25, 0.3) is 16.7 Å². The van der Waals surface area contributed by atoms with Gasteiger partial charge in [0.2, 0.25) is 5.91 Å². The van der Waals surface area contributed by atoms with E-state index in [1.165, 1.54) is 37.4 Å². The predicted octanol–water partition coefficient (Wildman–Crippen LogP) is 4.58. The summed E-state index contributed by atoms with van der Waals surface area (Å²) < 4.78 is 7.22. The van der Waals surface area contributed by atoms with Crippen molar-refractivity contribution < 1.29 is 19.4 Å². The molecule has 1 amide bonds. The Hall–Kier alpha value is -4.45. The summed E-state index contributed by atoms with van der Waals surface area (Å²) in [6.45, 7) is 0. The van der Waals surface area contributed by atoms with Gasteiger partial charge in [0, 0.05) is 18.2 Å². The average Bonchev–Trinajstić information content (AvgIpc) is 3.20. The van der Waals surface area contributed by atoms with Crippen molar-refractivity contribution in [3.8, 4) is 11.4 Å². The zero-order valence-corrected chi connectivity index (χ0v) is 18.5. The number of nitrogens with one attached hydrogen (secondary N) is 1. The van der Waals surface area contributed by atoms with Crippen molar-refractivity contribution in [3.63, 3.8) is 0 Å². The molecule has 11 nitrogen and oxygen atoms in total. The number of methoxy groups -OCH3 is 1. The number of anilines is 1. The Morgan fingerprint density at radius 2 is 1.79 bits per heavy atom. The third-order valence-electron chi connectivity index (χ3n) is 4.85. The number of rotatable bonds is 8. The lowest BCUT2D eigenvalue weighted by Gasteiger charge is -2.13. The minimum absolute atomic E-state index is 0.0898. The summed E-state index contributed by atoms with van der Waals surface area (Å²) in [5.41, 5.74) is 1.38. The third-order valence-corrected chi connectivity index (χ3v) is 5.79. The molecule has 0 aliphatic carbocycles. The number of thioether (sulfide) groups is 1. The van der Waals surface area contributed by atoms with E-state index >= 15 is 0 Å². The number of carbonyl (C=O) groups is 1. The van der Waals surface area contributed by atoms with Crippen molar-refractivity contribution in [2.45, 2.75) is 5.16 Å². The highest BCUT2D eigenvalue weighted by Gasteiger charge is 2.20. The smallest absolute Gasteiger partial charge is 0.292 e. The fraction of sp³-hybridized carbons (Fsp3) is 0.0909. The molecule has 0 bridgehead atoms. The van der Waals surface area contributed by atoms with E-state index in [1.807, 2.05) is 6.07 Å². The van der Waals surface area contributed by atoms with Gasteiger partial charge in [-0.2, -0.15) is 0 Å². The maximum absolute atomic E-state index is 12.6. The highest BCUT2D eigenvalue weighted by molar-refractivity contribution is 7.99. The van der Waals surface area contributed by atoms with E-state index in [-0.39, 0.29) is 22.8 Å². The number of benzene rings is 3. The molecule has 12 heteroatoms. The van der Waals surface area contributed by atoms with Gasteiger partial charge in [0.15, 0.2) is 5.16 Å². The second-order valence-corrected chi connectivity index (χ2v) is 7.89. The lowest BCUT2D eigenvalue weighted by molar-refractivity contribution is -0.384. The van der Waals surface area contributed by atoms with E-state index in [0.29, 0.717) is 27.6 Å². The lowest BCUT2D eigenvalue weighted by atomic mass is 10.2. The van der Waals surface area contributed by atoms with Gasteiger partial charge in [0.05, 0.1) is 39.4 Å². The molecule has 0 unspecified atom stereocenters. The van der Waals surface area contributed by atoms with Crippen LogP contribution in [0.1, 0.15) is 0 Å². The number of nitro benzene ring substituents is 2. The molecule has 0 saturated heterocycles. The van der Waals surface area contributed by atoms with E-state index in [1.54, 1.807) is 34.9 Å². The molecule has 0 spiro atoms. The molecule has 4 aromatic rings. The van der Waals surface area contributed by atoms with Gasteiger partial charge in [-0.3, -0.25) is 29.6 Å². The number of carbonyl (C=O) groups excluding carboxylic acids is 1. The first-order valence-corrected chi connectivity index (χ1v) is 10.8. The van der Waals surface area contributed by atoms with Crippen LogP contribution in [-0.4, -0.2) is 38.2 Å². The number of ether oxygens (including phenoxy) is 1. The molecular formula is C22H17N5O6S. The van der Waals surface area contributed by atoms with Gasteiger partial charge in [-0.15, -0.1) is 0 Å². The van der Waals surface area contributed by atoms with Crippen LogP contribution in [0.5, 0.6) is 5.75 Å². The molecule has 34 heavy (non-hydrogen) atoms. The summed E-state index contributed by atoms with van der Waals surface area (Å²) in [4.78, 5) is 38.4. The summed E-state index contributed by atoms with van der Waals surface area (Å²) in [5.74, 6) is -0.0256. The highest BCUT2D eigenvalue weighted by atomic mass is 32.2. The predicted molar refractivity (Wildman–Crippen MR) is 127 cm³/mol. The Labute approximate surface area is 196 Å². The molecule has 1 heterocycles. The van der Waals surface area contributed by atoms with Crippen molar-refractivity contribution >= 4 is 45.8 Å². The average molecular weight is 479 g/mol. The zero-order chi connectivity index (χ0) is 24.2. The molecule has 0 aliphatic rings. The minimum Gasteiger partial charge on any atom is -0.495 e. The van der Waals surface area contributed by atoms with Gasteiger partial charge in [-0.05, 0) is 24.3 Å². The second-order valence-electron chi connectivity index (χ2n) is 6.94. The molecule has 1 N–H and O–H groups in total. The van der Waals surface area contributed by atoms with Gasteiger partial charge in [0.25, 0.3) is 11.4 Å². The minimum atomic E-state index is -0.573. The largest absolute Gasteiger partial charge is 0.495 e. The van der Waals surface area contributed by atoms with Gasteiger partial charge in [0.1, 0.15) is 11.4 Å². The topological polar surface area (TPSA) is 142 Å². The number of nitrogens with zero attached hydrogens (tertiary/aromatic N) is 4. The van der Waals surface area contributed by atoms with Crippen LogP contribution < -0.4 is 10.1 Å². The van der Waals surface area contributed by atoms with Crippen LogP contribution in [-0.2, 0) is 4.79 Å². The van der Waals surface area contributed by atoms with Gasteiger partial charge >= 0.3 is 0 Å². The normalized spacial score (nSPS) is 10.7. The van der Waals surface area contributed by atoms with Crippen molar-refractivity contribution in [1.82, 2.24) is 9.55 Å². The number of amides is 1. The molecule has 4 rings (SSSR count). The number of para-hydroxylation sites is 4. The number of hydrogen-bond acceptors (Lipinski definition) is 8. The van der Waals surface area contributed by atoms with E-state index in [2.05, 4.69) is 10.3 Å². The number of fused-ring (bicyclic) bond motifs is 1. The maximum Gasteiger partial charge on any atom is 0.292 e. The molecule has 0 radical (unpaired) electrons. The summed E-state index contributed by atoms with van der Waals surface area (Å²) in [6.07, 6.45) is 0. The Kier molecular flexibility index (Phi) is 6.41. The number of hydrogen-bond donors (Lipinski definition) is 1. The maximum atomic E-state index is 12.6. The highest BCUT2D eigenvalue weighted by Crippen LogP contribution is 2.34. The van der Waals surface area contributed by atoms with E-state index in [4.69, 9.17) is 4.74 Å². The summed E-state index contributed by atoms with van der Waals surface area (Å²) in [7, 11) is 1.52. The number of nitro groups is 2. The lowest BCUT2D eigenvalue weighted by Crippen LogP contribution is -2.15. The SMILES string of the molecule is COc1ccccc1-n1c(SCC(=O)Nc2ccccc2[N+](=O)[O-])nc2cc([N+](=O)[O-])ccc21. The molecule has 1 aromatic heterocycles. The fourth-order valence-electron chi connectivity index (χ4n) is 3.36. The Morgan fingerprint density at radius 1 is 1.06 bits per heavy atom. The van der Waals surface area contributed by atoms with Crippen molar-refractivity contribution in [3.05, 3.63) is 87.0 Å². The molecule has 3 aromatic carbocycles. The van der Waals surface area contributed by atoms with Crippen LogP contribution in [0.4, 0.5) is 17.1 Å². The number of aromatic nitrogens is 2. The van der Waals surface area contributed by atoms with Gasteiger partial charge in [-0.1, -0.05) is 36.0 Å². The molecular weight excluding hydrogens is 462 g/mol. The van der Waals surface area contributed by atoms with Crippen LogP contribution in [0.15, 0.2) is 71.9 Å². The second kappa shape index (κ2) is 9.58. The third kappa shape index (κ3) is 4.52. The van der Waals surface area contributed by atoms with Gasteiger partial charge in [-0.25, -0.2) is 4.98 Å². The van der Waals surface area contributed by atoms with Crippen LogP contribution in [0.3, 0.4) is 0 Å². The van der Waals surface area contributed by atoms with Crippen LogP contribution in [0, 0.1) is 20.2 Å². The zero-order valence-electron chi connectivity index (χ0n) is 17.7. The summed E-state index contributed by atoms with van der Waals surface area (Å²) in [5, 5.41) is 25.4. The molecule has 0 atom stereocenters. The number of non-ortho nitro benzene ring substituents is 1.